The summed E-state index contributed by atoms with van der Waals surface area (Å²) in [4.78, 5) is 2.55. The van der Waals surface area contributed by atoms with Crippen LogP contribution in [-0.4, -0.2) is 6.04 Å². The summed E-state index contributed by atoms with van der Waals surface area (Å²) < 4.78 is 0. The van der Waals surface area contributed by atoms with Gasteiger partial charge in [-0.15, -0.1) is 0 Å². The summed E-state index contributed by atoms with van der Waals surface area (Å²) in [5, 5.41) is 9.27. The molecular formula is C53H44N2. The molecule has 3 unspecified atom stereocenters. The molecule has 1 aliphatic heterocycles. The Morgan fingerprint density at radius 3 is 2.31 bits per heavy atom. The number of fused-ring (bicyclic) bond motifs is 4. The SMILES string of the molecule is C1=CCC(N2c3ccccc3NC2c2ccc(-c3ccc4c(C5C=CC6=C(CCC=C6)C5)c5ccccc5c(-c5ccc6c(c5)C=CCC6)c4c3)cc2)C=C1. The second-order valence-corrected chi connectivity index (χ2v) is 15.8. The van der Waals surface area contributed by atoms with E-state index in [1.165, 1.54) is 83.0 Å². The minimum absolute atomic E-state index is 0.0709. The number of anilines is 2. The average Bonchev–Trinajstić information content (AvgIpc) is 3.65. The van der Waals surface area contributed by atoms with E-state index in [-0.39, 0.29) is 6.17 Å². The van der Waals surface area contributed by atoms with E-state index in [0.717, 1.165) is 38.5 Å². The van der Waals surface area contributed by atoms with Crippen molar-refractivity contribution >= 4 is 39.0 Å². The van der Waals surface area contributed by atoms with Gasteiger partial charge in [0.1, 0.15) is 6.17 Å². The van der Waals surface area contributed by atoms with E-state index in [1.54, 1.807) is 5.57 Å². The standard InChI is InChI=1S/C53H44N2/c1-2-16-44(17-3-1)55-50-21-11-10-20-49(50)54-53(55)38-26-22-37(23-27-38)41-30-31-47-48(34-41)52(43-29-25-36-13-5-7-15-40(36)33-43)46-19-9-8-18-45(46)51(47)42-28-24-35-12-4-6-14-39(35)32-42/h1-4,7-12,15-16,18-31,33-34,42,44,53-54H,5-6,13-14,17,32H2. The molecule has 4 aliphatic carbocycles. The number of nitrogens with one attached hydrogen (secondary N) is 1. The van der Waals surface area contributed by atoms with Crippen LogP contribution in [-0.2, 0) is 6.42 Å². The van der Waals surface area contributed by atoms with Crippen molar-refractivity contribution in [3.05, 3.63) is 197 Å². The lowest BCUT2D eigenvalue weighted by atomic mass is 9.77. The first-order valence-corrected chi connectivity index (χ1v) is 20.2. The van der Waals surface area contributed by atoms with Crippen molar-refractivity contribution in [2.75, 3.05) is 10.2 Å². The summed E-state index contributed by atoms with van der Waals surface area (Å²) >= 11 is 0. The van der Waals surface area contributed by atoms with Gasteiger partial charge in [-0.1, -0.05) is 151 Å². The Balaban J connectivity index is 1.05. The maximum atomic E-state index is 3.85. The number of para-hydroxylation sites is 2. The van der Waals surface area contributed by atoms with E-state index in [1.807, 2.05) is 0 Å². The van der Waals surface area contributed by atoms with Crippen molar-refractivity contribution in [3.8, 4) is 22.3 Å². The highest BCUT2D eigenvalue weighted by atomic mass is 15.3. The molecule has 11 rings (SSSR count). The highest BCUT2D eigenvalue weighted by molar-refractivity contribution is 6.16. The molecule has 0 fully saturated rings. The lowest BCUT2D eigenvalue weighted by Crippen LogP contribution is -2.37. The molecule has 6 aromatic carbocycles. The molecule has 266 valence electrons. The Bertz CT molecular complexity index is 2700. The fourth-order valence-electron chi connectivity index (χ4n) is 9.98. The average molecular weight is 709 g/mol. The number of allylic oxidation sites excluding steroid dienone is 9. The van der Waals surface area contributed by atoms with Crippen LogP contribution in [0.25, 0.3) is 49.9 Å². The largest absolute Gasteiger partial charge is 0.360 e. The number of nitrogens with zero attached hydrogens (tertiary/aromatic N) is 1. The van der Waals surface area contributed by atoms with Gasteiger partial charge in [0.2, 0.25) is 0 Å². The molecule has 0 spiro atoms. The van der Waals surface area contributed by atoms with Gasteiger partial charge in [0.05, 0.1) is 17.4 Å². The third-order valence-electron chi connectivity index (χ3n) is 12.7. The third-order valence-corrected chi connectivity index (χ3v) is 12.7. The van der Waals surface area contributed by atoms with Crippen molar-refractivity contribution in [2.24, 2.45) is 0 Å². The first-order chi connectivity index (χ1) is 27.3. The summed E-state index contributed by atoms with van der Waals surface area (Å²) in [5.74, 6) is 0.337. The van der Waals surface area contributed by atoms with E-state index in [0.29, 0.717) is 12.0 Å². The van der Waals surface area contributed by atoms with Crippen LogP contribution in [0, 0.1) is 0 Å². The molecule has 0 amide bonds. The van der Waals surface area contributed by atoms with Crippen LogP contribution >= 0.6 is 0 Å². The van der Waals surface area contributed by atoms with Gasteiger partial charge < -0.3 is 10.2 Å². The first-order valence-electron chi connectivity index (χ1n) is 20.2. The van der Waals surface area contributed by atoms with Gasteiger partial charge in [-0.05, 0) is 134 Å². The summed E-state index contributed by atoms with van der Waals surface area (Å²) in [6.07, 6.45) is 29.8. The van der Waals surface area contributed by atoms with E-state index >= 15 is 0 Å². The zero-order valence-corrected chi connectivity index (χ0v) is 31.1. The van der Waals surface area contributed by atoms with Gasteiger partial charge >= 0.3 is 0 Å². The Morgan fingerprint density at radius 1 is 0.600 bits per heavy atom. The van der Waals surface area contributed by atoms with Gasteiger partial charge in [0.15, 0.2) is 0 Å². The maximum Gasteiger partial charge on any atom is 0.126 e. The second kappa shape index (κ2) is 13.3. The molecule has 0 saturated carbocycles. The zero-order valence-electron chi connectivity index (χ0n) is 31.1. The van der Waals surface area contributed by atoms with Crippen LogP contribution in [0.4, 0.5) is 11.4 Å². The van der Waals surface area contributed by atoms with E-state index in [2.05, 4.69) is 180 Å². The van der Waals surface area contributed by atoms with Crippen LogP contribution in [0.5, 0.6) is 0 Å². The molecule has 2 nitrogen and oxygen atoms in total. The molecule has 0 radical (unpaired) electrons. The highest BCUT2D eigenvalue weighted by Gasteiger charge is 2.34. The third kappa shape index (κ3) is 5.54. The van der Waals surface area contributed by atoms with Crippen LogP contribution in [0.2, 0.25) is 0 Å². The van der Waals surface area contributed by atoms with Gasteiger partial charge in [-0.25, -0.2) is 0 Å². The monoisotopic (exact) mass is 708 g/mol. The van der Waals surface area contributed by atoms with Gasteiger partial charge in [-0.2, -0.15) is 0 Å². The topological polar surface area (TPSA) is 15.3 Å². The van der Waals surface area contributed by atoms with Crippen molar-refractivity contribution in [2.45, 2.75) is 56.7 Å². The Morgan fingerprint density at radius 2 is 1.40 bits per heavy atom. The minimum atomic E-state index is 0.0709. The summed E-state index contributed by atoms with van der Waals surface area (Å²) in [6.45, 7) is 0. The van der Waals surface area contributed by atoms with Gasteiger partial charge in [0, 0.05) is 5.92 Å². The number of benzene rings is 6. The normalized spacial score (nSPS) is 20.9. The fraction of sp³-hybridized carbons (Fsp3) is 0.170. The van der Waals surface area contributed by atoms with Gasteiger partial charge in [-0.3, -0.25) is 0 Å². The van der Waals surface area contributed by atoms with Crippen molar-refractivity contribution in [1.82, 2.24) is 0 Å². The second-order valence-electron chi connectivity index (χ2n) is 15.8. The quantitative estimate of drug-likeness (QED) is 0.179. The Hall–Kier alpha value is -6.12. The van der Waals surface area contributed by atoms with E-state index in [9.17, 15) is 0 Å². The Labute approximate surface area is 324 Å². The molecule has 3 atom stereocenters. The van der Waals surface area contributed by atoms with Crippen LogP contribution < -0.4 is 10.2 Å². The number of hydrogen-bond donors (Lipinski definition) is 1. The number of rotatable bonds is 5. The molecule has 0 bridgehead atoms. The molecular weight excluding hydrogens is 665 g/mol. The molecule has 6 aromatic rings. The number of hydrogen-bond acceptors (Lipinski definition) is 2. The zero-order chi connectivity index (χ0) is 36.3. The van der Waals surface area contributed by atoms with Crippen LogP contribution in [0.15, 0.2) is 175 Å². The molecule has 1 heterocycles. The predicted octanol–water partition coefficient (Wildman–Crippen LogP) is 13.8. The Kier molecular flexibility index (Phi) is 7.83. The molecule has 0 saturated heterocycles. The molecule has 2 heteroatoms. The number of aryl methyl sites for hydroxylation is 1. The lowest BCUT2D eigenvalue weighted by molar-refractivity contribution is 0.633. The minimum Gasteiger partial charge on any atom is -0.360 e. The van der Waals surface area contributed by atoms with Crippen molar-refractivity contribution in [1.29, 1.82) is 0 Å². The van der Waals surface area contributed by atoms with Gasteiger partial charge in [0.25, 0.3) is 0 Å². The molecule has 0 aromatic heterocycles. The summed E-state index contributed by atoms with van der Waals surface area (Å²) in [6, 6.07) is 42.0. The van der Waals surface area contributed by atoms with Crippen LogP contribution in [0.3, 0.4) is 0 Å². The highest BCUT2D eigenvalue weighted by Crippen LogP contribution is 2.48. The summed E-state index contributed by atoms with van der Waals surface area (Å²) in [5.41, 5.74) is 16.2. The maximum absolute atomic E-state index is 3.85. The van der Waals surface area contributed by atoms with E-state index < -0.39 is 0 Å². The smallest absolute Gasteiger partial charge is 0.126 e. The predicted molar refractivity (Wildman–Crippen MR) is 234 cm³/mol. The van der Waals surface area contributed by atoms with E-state index in [4.69, 9.17) is 0 Å². The molecule has 1 N–H and O–H groups in total. The fourth-order valence-corrected chi connectivity index (χ4v) is 9.98. The molecule has 55 heavy (non-hydrogen) atoms. The van der Waals surface area contributed by atoms with Crippen LogP contribution in [0.1, 0.15) is 66.4 Å². The lowest BCUT2D eigenvalue weighted by Gasteiger charge is -2.34. The van der Waals surface area contributed by atoms with Crippen molar-refractivity contribution in [3.63, 3.8) is 0 Å². The first kappa shape index (κ1) is 32.3. The summed E-state index contributed by atoms with van der Waals surface area (Å²) in [7, 11) is 0. The molecule has 5 aliphatic rings. The van der Waals surface area contributed by atoms with Crippen molar-refractivity contribution < 1.29 is 0 Å².